The SMILES string of the molecule is C[C@@H](O)[C@@H]1NC(=O)[C@H](CCCCN)NC(=O)[C@@H](Cc2c[nH]c3ccccc23)NC(=O)[C@H](Cc2ccc(O)c([123I])c2)NC(=O)[C@@H](NC(=O)[C@H](N)Cc2ccccc2)CSSC[C@@H](C(=O)N[C@H](CO)[C@@H](C)O)NC1=O. The monoisotopic (exact) mass is 1160 g/mol. The van der Waals surface area contributed by atoms with Gasteiger partial charge in [-0.25, -0.2) is 0 Å². The molecule has 73 heavy (non-hydrogen) atoms. The smallest absolute Gasteiger partial charge is 0.245 e. The van der Waals surface area contributed by atoms with Crippen LogP contribution in [0.1, 0.15) is 49.8 Å². The molecule has 16 N–H and O–H groups in total. The number of fused-ring (bicyclic) bond motifs is 1. The maximum atomic E-state index is 14.8. The molecule has 0 aliphatic carbocycles. The van der Waals surface area contributed by atoms with E-state index in [1.807, 2.05) is 46.9 Å². The van der Waals surface area contributed by atoms with Crippen LogP contribution in [0.2, 0.25) is 0 Å². The third kappa shape index (κ3) is 17.6. The first-order valence-electron chi connectivity index (χ1n) is 23.7. The van der Waals surface area contributed by atoms with Gasteiger partial charge in [0.05, 0.1) is 34.5 Å². The van der Waals surface area contributed by atoms with Crippen LogP contribution in [0.3, 0.4) is 0 Å². The molecule has 1 aliphatic heterocycles. The van der Waals surface area contributed by atoms with E-state index in [4.69, 9.17) is 11.5 Å². The second-order valence-corrected chi connectivity index (χ2v) is 21.5. The van der Waals surface area contributed by atoms with E-state index >= 15 is 0 Å². The van der Waals surface area contributed by atoms with Gasteiger partial charge >= 0.3 is 0 Å². The summed E-state index contributed by atoms with van der Waals surface area (Å²) in [6.45, 7) is 2.18. The zero-order chi connectivity index (χ0) is 53.2. The summed E-state index contributed by atoms with van der Waals surface area (Å²) in [6, 6.07) is 9.96. The molecule has 1 aliphatic rings. The Kier molecular flexibility index (Phi) is 23.1. The van der Waals surface area contributed by atoms with Crippen molar-refractivity contribution in [3.05, 3.63) is 99.3 Å². The lowest BCUT2D eigenvalue weighted by atomic mass is 10.0. The van der Waals surface area contributed by atoms with Crippen LogP contribution >= 0.6 is 44.2 Å². The fourth-order valence-corrected chi connectivity index (χ4v) is 10.7. The molecule has 1 saturated heterocycles. The highest BCUT2D eigenvalue weighted by molar-refractivity contribution is 14.1. The minimum absolute atomic E-state index is 0.0117. The third-order valence-electron chi connectivity index (χ3n) is 12.0. The highest BCUT2D eigenvalue weighted by Crippen LogP contribution is 2.25. The molecule has 21 nitrogen and oxygen atoms in total. The van der Waals surface area contributed by atoms with Gasteiger partial charge in [0.1, 0.15) is 42.0 Å². The van der Waals surface area contributed by atoms with Gasteiger partial charge in [-0.05, 0) is 104 Å². The topological polar surface area (TPSA) is 352 Å². The van der Waals surface area contributed by atoms with Crippen molar-refractivity contribution in [2.24, 2.45) is 11.5 Å². The molecule has 4 aromatic rings. The molecule has 0 saturated carbocycles. The number of nitrogens with one attached hydrogen (secondary N) is 8. The number of carbonyl (C=O) groups excluding carboxylic acids is 7. The summed E-state index contributed by atoms with van der Waals surface area (Å²) in [6.07, 6.45) is -0.438. The summed E-state index contributed by atoms with van der Waals surface area (Å²) in [5.74, 6) is -6.31. The van der Waals surface area contributed by atoms with Crippen molar-refractivity contribution >= 4 is 96.4 Å². The van der Waals surface area contributed by atoms with Crippen LogP contribution in [0.15, 0.2) is 79.0 Å². The standard InChI is InChI=1S/C49H65IN10O11S2/c1-26(62)38(23-61)57-48(70)40-25-73-72-24-39(58-43(65)33(52)19-28-10-4-3-5-11-28)47(69)55-36(20-29-15-16-41(64)32(50)18-29)45(67)56-37(21-30-22-53-34-13-7-6-12-31(30)34)46(68)54-35(14-8-9-17-51)44(66)60-42(27(2)63)49(71)59-40/h3-7,10-13,15-16,18,22,26-27,33,35-40,42,53,61-64H,8-9,14,17,19-21,23-25,51-52H2,1-2H3,(H,54,68)(H,55,69)(H,56,67)(H,57,70)(H,58,65)(H,59,71)(H,60,66)/t26-,27-,33-,35+,36+,37-,38-,39+,40+,42+/m1/s1/i50-4. The average molecular weight is 1160 g/mol. The number of halogens is 1. The zero-order valence-electron chi connectivity index (χ0n) is 40.3. The molecular formula is C49H65IN10O11S2. The van der Waals surface area contributed by atoms with Gasteiger partial charge in [-0.2, -0.15) is 0 Å². The van der Waals surface area contributed by atoms with Crippen molar-refractivity contribution in [3.8, 4) is 5.75 Å². The molecule has 3 aromatic carbocycles. The van der Waals surface area contributed by atoms with Crippen LogP contribution in [0.4, 0.5) is 0 Å². The van der Waals surface area contributed by atoms with Crippen molar-refractivity contribution in [1.82, 2.24) is 42.2 Å². The Morgan fingerprint density at radius 1 is 0.781 bits per heavy atom. The largest absolute Gasteiger partial charge is 0.507 e. The summed E-state index contributed by atoms with van der Waals surface area (Å²) in [5.41, 5.74) is 14.8. The Balaban J connectivity index is 1.59. The summed E-state index contributed by atoms with van der Waals surface area (Å²) in [7, 11) is 2.01. The van der Waals surface area contributed by atoms with E-state index in [2.05, 4.69) is 42.2 Å². The second kappa shape index (κ2) is 28.8. The minimum atomic E-state index is -1.68. The highest BCUT2D eigenvalue weighted by Gasteiger charge is 2.36. The number of aliphatic hydroxyl groups excluding tert-OH is 3. The number of benzene rings is 3. The molecule has 10 atom stereocenters. The molecule has 396 valence electrons. The molecule has 1 fully saturated rings. The number of H-pyrrole nitrogens is 1. The van der Waals surface area contributed by atoms with Gasteiger partial charge in [0.25, 0.3) is 0 Å². The zero-order valence-corrected chi connectivity index (χ0v) is 44.1. The first kappa shape index (κ1) is 58.4. The fraction of sp³-hybridized carbons (Fsp3) is 0.449. The van der Waals surface area contributed by atoms with Crippen molar-refractivity contribution in [3.63, 3.8) is 0 Å². The molecule has 0 bridgehead atoms. The Morgan fingerprint density at radius 2 is 1.42 bits per heavy atom. The quantitative estimate of drug-likeness (QED) is 0.0360. The summed E-state index contributed by atoms with van der Waals surface area (Å²) in [4.78, 5) is 103. The van der Waals surface area contributed by atoms with Gasteiger partial charge in [0.15, 0.2) is 0 Å². The van der Waals surface area contributed by atoms with Crippen LogP contribution in [0.5, 0.6) is 5.75 Å². The Morgan fingerprint density at radius 3 is 2.10 bits per heavy atom. The Bertz CT molecular complexity index is 2520. The predicted octanol–water partition coefficient (Wildman–Crippen LogP) is -0.495. The van der Waals surface area contributed by atoms with E-state index in [1.165, 1.54) is 19.9 Å². The molecule has 2 heterocycles. The van der Waals surface area contributed by atoms with E-state index in [0.717, 1.165) is 38.1 Å². The first-order valence-corrected chi connectivity index (χ1v) is 27.3. The number of phenolic OH excluding ortho intramolecular Hbond substituents is 1. The molecule has 24 heteroatoms. The lowest BCUT2D eigenvalue weighted by molar-refractivity contribution is -0.136. The normalized spacial score (nSPS) is 22.5. The number of phenols is 1. The predicted molar refractivity (Wildman–Crippen MR) is 286 cm³/mol. The van der Waals surface area contributed by atoms with E-state index < -0.39 is 108 Å². The summed E-state index contributed by atoms with van der Waals surface area (Å²) < 4.78 is 0.453. The Hall–Kier alpha value is -5.48. The number of amides is 7. The molecule has 1 aromatic heterocycles. The van der Waals surface area contributed by atoms with Gasteiger partial charge in [-0.15, -0.1) is 0 Å². The molecule has 5 rings (SSSR count). The van der Waals surface area contributed by atoms with Gasteiger partial charge in [0.2, 0.25) is 41.4 Å². The minimum Gasteiger partial charge on any atom is -0.507 e. The highest BCUT2D eigenvalue weighted by atomic mass is 123. The van der Waals surface area contributed by atoms with Crippen LogP contribution in [0.25, 0.3) is 10.9 Å². The van der Waals surface area contributed by atoms with Crippen LogP contribution in [0, 0.1) is 3.57 Å². The summed E-state index contributed by atoms with van der Waals surface area (Å²) >= 11 is 1.92. The van der Waals surface area contributed by atoms with Crippen molar-refractivity contribution in [2.75, 3.05) is 24.7 Å². The molecule has 0 spiro atoms. The van der Waals surface area contributed by atoms with Gasteiger partial charge in [-0.1, -0.05) is 76.2 Å². The number of carbonyl (C=O) groups is 7. The van der Waals surface area contributed by atoms with Crippen LogP contribution in [-0.2, 0) is 52.8 Å². The number of hydrogen-bond acceptors (Lipinski definition) is 15. The number of rotatable bonds is 17. The number of unbranched alkanes of at least 4 members (excludes halogenated alkanes) is 1. The number of nitrogens with two attached hydrogens (primary N) is 2. The number of aromatic hydroxyl groups is 1. The number of aromatic nitrogens is 1. The van der Waals surface area contributed by atoms with Gasteiger partial charge < -0.3 is 74.1 Å². The maximum Gasteiger partial charge on any atom is 0.245 e. The number of para-hydroxylation sites is 1. The maximum absolute atomic E-state index is 14.8. The van der Waals surface area contributed by atoms with E-state index in [9.17, 15) is 54.0 Å². The van der Waals surface area contributed by atoms with E-state index in [0.29, 0.717) is 27.5 Å². The van der Waals surface area contributed by atoms with Crippen molar-refractivity contribution < 1.29 is 54.0 Å². The molecular weight excluding hydrogens is 1090 g/mol. The van der Waals surface area contributed by atoms with Gasteiger partial charge in [-0.3, -0.25) is 33.6 Å². The number of aromatic amines is 1. The summed E-state index contributed by atoms with van der Waals surface area (Å²) in [5, 5.41) is 60.8. The fourth-order valence-electron chi connectivity index (χ4n) is 7.79. The van der Waals surface area contributed by atoms with E-state index in [1.54, 1.807) is 48.7 Å². The lowest BCUT2D eigenvalue weighted by Crippen LogP contribution is -2.62. The second-order valence-electron chi connectivity index (χ2n) is 17.8. The van der Waals surface area contributed by atoms with Crippen molar-refractivity contribution in [2.45, 2.75) is 113 Å². The molecule has 0 unspecified atom stereocenters. The van der Waals surface area contributed by atoms with Crippen LogP contribution in [-0.4, -0.2) is 152 Å². The molecule has 7 amide bonds. The van der Waals surface area contributed by atoms with Gasteiger partial charge in [0, 0.05) is 41.4 Å². The number of aliphatic hydroxyl groups is 3. The first-order chi connectivity index (χ1) is 34.9. The van der Waals surface area contributed by atoms with Crippen molar-refractivity contribution in [1.29, 1.82) is 0 Å². The Labute approximate surface area is 444 Å². The number of hydrogen-bond donors (Lipinski definition) is 14. The average Bonchev–Trinajstić information content (AvgIpc) is 3.77. The molecule has 0 radical (unpaired) electrons. The van der Waals surface area contributed by atoms with E-state index in [-0.39, 0.29) is 49.5 Å². The third-order valence-corrected chi connectivity index (χ3v) is 15.3. The lowest BCUT2D eigenvalue weighted by Gasteiger charge is -2.29. The van der Waals surface area contributed by atoms with Crippen LogP contribution < -0.4 is 48.7 Å².